The maximum Gasteiger partial charge on any atom is 0.332 e. The summed E-state index contributed by atoms with van der Waals surface area (Å²) in [5.74, 6) is 0.0556. The zero-order valence-corrected chi connectivity index (χ0v) is 24.2. The number of imidazole rings is 1. The zero-order valence-electron chi connectivity index (χ0n) is 24.2. The van der Waals surface area contributed by atoms with Crippen LogP contribution in [0.25, 0.3) is 11.2 Å². The summed E-state index contributed by atoms with van der Waals surface area (Å²) in [5, 5.41) is 0. The number of benzene rings is 2. The molecule has 4 aromatic rings. The average Bonchev–Trinajstić information content (AvgIpc) is 3.53. The summed E-state index contributed by atoms with van der Waals surface area (Å²) in [4.78, 5) is 62.5. The van der Waals surface area contributed by atoms with Crippen molar-refractivity contribution in [2.45, 2.75) is 25.9 Å². The first-order valence-electron chi connectivity index (χ1n) is 14.2. The first-order valence-corrected chi connectivity index (χ1v) is 14.2. The van der Waals surface area contributed by atoms with E-state index in [1.807, 2.05) is 16.7 Å². The number of hydrogen-bond acceptors (Lipinski definition) is 8. The lowest BCUT2D eigenvalue weighted by atomic mass is 10.1. The van der Waals surface area contributed by atoms with Crippen LogP contribution in [-0.2, 0) is 30.2 Å². The van der Waals surface area contributed by atoms with Crippen molar-refractivity contribution >= 4 is 34.6 Å². The minimum absolute atomic E-state index is 0.0700. The van der Waals surface area contributed by atoms with Crippen LogP contribution in [0.3, 0.4) is 0 Å². The Morgan fingerprint density at radius 3 is 2.33 bits per heavy atom. The van der Waals surface area contributed by atoms with Crippen LogP contribution in [0.15, 0.2) is 58.1 Å². The molecule has 2 fully saturated rings. The average molecular weight is 590 g/mol. The van der Waals surface area contributed by atoms with Crippen molar-refractivity contribution in [3.05, 3.63) is 80.7 Å². The summed E-state index contributed by atoms with van der Waals surface area (Å²) in [5.41, 5.74) is 0.778. The maximum absolute atomic E-state index is 13.6. The van der Waals surface area contributed by atoms with Crippen molar-refractivity contribution in [3.63, 3.8) is 0 Å². The molecule has 2 amide bonds. The molecule has 12 nitrogen and oxygen atoms in total. The Morgan fingerprint density at radius 1 is 0.930 bits per heavy atom. The van der Waals surface area contributed by atoms with E-state index in [0.29, 0.717) is 50.2 Å². The second kappa shape index (κ2) is 11.1. The summed E-state index contributed by atoms with van der Waals surface area (Å²) in [7, 11) is 2.99. The summed E-state index contributed by atoms with van der Waals surface area (Å²) >= 11 is 0. The fourth-order valence-corrected chi connectivity index (χ4v) is 5.91. The normalized spacial score (nSPS) is 17.8. The third-order valence-corrected chi connectivity index (χ3v) is 8.15. The van der Waals surface area contributed by atoms with Crippen molar-refractivity contribution in [3.8, 4) is 5.75 Å². The molecule has 224 valence electrons. The van der Waals surface area contributed by atoms with E-state index < -0.39 is 17.3 Å². The molecule has 4 heterocycles. The highest BCUT2D eigenvalue weighted by molar-refractivity contribution is 6.23. The van der Waals surface area contributed by atoms with E-state index in [4.69, 9.17) is 9.72 Å². The molecule has 2 aliphatic heterocycles. The SMILES string of the molecule is CCOc1ccccc1N1C(=O)CC(N2CCN(c3nc4c(c(=O)n(C)c(=O)n4C)n3Cc3ccc(F)cc3)CC2)C1=O. The number of ether oxygens (including phenoxy) is 1. The van der Waals surface area contributed by atoms with Gasteiger partial charge in [-0.2, -0.15) is 4.98 Å². The molecule has 2 aromatic heterocycles. The molecule has 0 N–H and O–H groups in total. The number of fused-ring (bicyclic) bond motifs is 1. The molecule has 0 aliphatic carbocycles. The van der Waals surface area contributed by atoms with Gasteiger partial charge in [-0.15, -0.1) is 0 Å². The quantitative estimate of drug-likeness (QED) is 0.298. The molecule has 0 radical (unpaired) electrons. The van der Waals surface area contributed by atoms with Crippen LogP contribution >= 0.6 is 0 Å². The van der Waals surface area contributed by atoms with Crippen LogP contribution in [0.5, 0.6) is 5.75 Å². The van der Waals surface area contributed by atoms with Crippen LogP contribution in [0, 0.1) is 5.82 Å². The molecular weight excluding hydrogens is 557 g/mol. The predicted octanol–water partition coefficient (Wildman–Crippen LogP) is 1.47. The summed E-state index contributed by atoms with van der Waals surface area (Å²) in [6, 6.07) is 12.4. The third kappa shape index (κ3) is 4.88. The van der Waals surface area contributed by atoms with Crippen LogP contribution in [0.4, 0.5) is 16.0 Å². The molecule has 2 saturated heterocycles. The predicted molar refractivity (Wildman–Crippen MR) is 158 cm³/mol. The minimum atomic E-state index is -0.601. The number of nitrogens with zero attached hydrogens (tertiary/aromatic N) is 7. The van der Waals surface area contributed by atoms with Gasteiger partial charge in [-0.3, -0.25) is 33.0 Å². The van der Waals surface area contributed by atoms with Gasteiger partial charge in [-0.1, -0.05) is 24.3 Å². The van der Waals surface area contributed by atoms with Gasteiger partial charge in [0.05, 0.1) is 31.3 Å². The van der Waals surface area contributed by atoms with E-state index in [1.165, 1.54) is 28.6 Å². The monoisotopic (exact) mass is 589 g/mol. The molecule has 1 unspecified atom stereocenters. The van der Waals surface area contributed by atoms with Crippen LogP contribution in [0.1, 0.15) is 18.9 Å². The Morgan fingerprint density at radius 2 is 1.63 bits per heavy atom. The Bertz CT molecular complexity index is 1840. The highest BCUT2D eigenvalue weighted by atomic mass is 19.1. The van der Waals surface area contributed by atoms with E-state index in [-0.39, 0.29) is 41.8 Å². The van der Waals surface area contributed by atoms with E-state index in [9.17, 15) is 23.6 Å². The largest absolute Gasteiger partial charge is 0.492 e. The summed E-state index contributed by atoms with van der Waals surface area (Å²) < 4.78 is 23.4. The third-order valence-electron chi connectivity index (χ3n) is 8.15. The number of rotatable bonds is 7. The second-order valence-corrected chi connectivity index (χ2v) is 10.7. The smallest absolute Gasteiger partial charge is 0.332 e. The van der Waals surface area contributed by atoms with Gasteiger partial charge in [0.1, 0.15) is 11.6 Å². The Kier molecular flexibility index (Phi) is 7.34. The first kappa shape index (κ1) is 28.3. The molecule has 2 aromatic carbocycles. The highest BCUT2D eigenvalue weighted by Gasteiger charge is 2.44. The van der Waals surface area contributed by atoms with Gasteiger partial charge in [0.15, 0.2) is 11.2 Å². The molecule has 6 rings (SSSR count). The van der Waals surface area contributed by atoms with Gasteiger partial charge in [-0.05, 0) is 36.8 Å². The number of anilines is 2. The number of amides is 2. The lowest BCUT2D eigenvalue weighted by molar-refractivity contribution is -0.123. The van der Waals surface area contributed by atoms with Crippen molar-refractivity contribution in [2.24, 2.45) is 14.1 Å². The van der Waals surface area contributed by atoms with E-state index in [1.54, 1.807) is 48.0 Å². The molecule has 1 atom stereocenters. The Labute approximate surface area is 246 Å². The molecular formula is C30H32FN7O5. The molecule has 13 heteroatoms. The van der Waals surface area contributed by atoms with Gasteiger partial charge in [-0.25, -0.2) is 14.1 Å². The summed E-state index contributed by atoms with van der Waals surface area (Å²) in [6.07, 6.45) is 0.0700. The second-order valence-electron chi connectivity index (χ2n) is 10.7. The minimum Gasteiger partial charge on any atom is -0.492 e. The number of aryl methyl sites for hydroxylation is 1. The number of carbonyl (C=O) groups excluding carboxylic acids is 2. The topological polar surface area (TPSA) is 115 Å². The van der Waals surface area contributed by atoms with Crippen molar-refractivity contribution < 1.29 is 18.7 Å². The van der Waals surface area contributed by atoms with E-state index in [0.717, 1.165) is 10.1 Å². The van der Waals surface area contributed by atoms with Gasteiger partial charge in [0, 0.05) is 40.3 Å². The van der Waals surface area contributed by atoms with Crippen molar-refractivity contribution in [1.82, 2.24) is 23.6 Å². The fourth-order valence-electron chi connectivity index (χ4n) is 5.91. The van der Waals surface area contributed by atoms with Crippen LogP contribution in [-0.4, -0.2) is 74.2 Å². The highest BCUT2D eigenvalue weighted by Crippen LogP contribution is 2.34. The number of para-hydroxylation sites is 2. The van der Waals surface area contributed by atoms with Gasteiger partial charge in [0.2, 0.25) is 11.9 Å². The zero-order chi connectivity index (χ0) is 30.4. The number of imide groups is 1. The fraction of sp³-hybridized carbons (Fsp3) is 0.367. The van der Waals surface area contributed by atoms with Crippen molar-refractivity contribution in [2.75, 3.05) is 42.6 Å². The van der Waals surface area contributed by atoms with E-state index in [2.05, 4.69) is 0 Å². The van der Waals surface area contributed by atoms with Gasteiger partial charge < -0.3 is 9.64 Å². The molecule has 2 aliphatic rings. The van der Waals surface area contributed by atoms with Crippen LogP contribution < -0.4 is 25.8 Å². The number of aromatic nitrogens is 4. The Balaban J connectivity index is 1.28. The standard InChI is InChI=1S/C30H32FN7O5/c1-4-43-23-8-6-5-7-21(23)38-24(39)17-22(27(38)40)35-13-15-36(16-14-35)29-32-26-25(28(41)34(3)30(42)33(26)2)37(29)18-19-9-11-20(31)12-10-19/h5-12,22H,4,13-18H2,1-3H3. The molecule has 0 saturated carbocycles. The van der Waals surface area contributed by atoms with Crippen LogP contribution in [0.2, 0.25) is 0 Å². The van der Waals surface area contributed by atoms with Crippen molar-refractivity contribution in [1.29, 1.82) is 0 Å². The molecule has 43 heavy (non-hydrogen) atoms. The van der Waals surface area contributed by atoms with E-state index >= 15 is 0 Å². The first-order chi connectivity index (χ1) is 20.7. The molecule has 0 bridgehead atoms. The summed E-state index contributed by atoms with van der Waals surface area (Å²) in [6.45, 7) is 4.37. The number of carbonyl (C=O) groups is 2. The number of halogens is 1. The number of piperazine rings is 1. The Hall–Kier alpha value is -4.78. The maximum atomic E-state index is 13.6. The lowest BCUT2D eigenvalue weighted by Gasteiger charge is -2.37. The molecule has 0 spiro atoms. The lowest BCUT2D eigenvalue weighted by Crippen LogP contribution is -2.53. The van der Waals surface area contributed by atoms with Gasteiger partial charge >= 0.3 is 5.69 Å². The number of hydrogen-bond donors (Lipinski definition) is 0. The van der Waals surface area contributed by atoms with Gasteiger partial charge in [0.25, 0.3) is 11.5 Å².